The van der Waals surface area contributed by atoms with Gasteiger partial charge in [-0.2, -0.15) is 0 Å². The van der Waals surface area contributed by atoms with Gasteiger partial charge >= 0.3 is 12.0 Å². The average Bonchev–Trinajstić information content (AvgIpc) is 2.71. The lowest BCUT2D eigenvalue weighted by Crippen LogP contribution is -2.39. The fraction of sp³-hybridized carbons (Fsp3) is 0.333. The van der Waals surface area contributed by atoms with Gasteiger partial charge in [0.05, 0.1) is 6.54 Å². The summed E-state index contributed by atoms with van der Waals surface area (Å²) in [5.41, 5.74) is 1.77. The first kappa shape index (κ1) is 11.4. The van der Waals surface area contributed by atoms with Crippen LogP contribution in [0.1, 0.15) is 12.5 Å². The Hall–Kier alpha value is -2.04. The van der Waals surface area contributed by atoms with Gasteiger partial charge in [0, 0.05) is 5.69 Å². The number of carboxylic acid groups (broad SMARTS) is 1. The molecular weight excluding hydrogens is 220 g/mol. The third-order valence-corrected chi connectivity index (χ3v) is 2.88. The Bertz CT molecular complexity index is 442. The lowest BCUT2D eigenvalue weighted by molar-refractivity contribution is -0.137. The quantitative estimate of drug-likeness (QED) is 0.826. The molecule has 1 aliphatic heterocycles. The molecule has 5 heteroatoms. The zero-order valence-corrected chi connectivity index (χ0v) is 9.51. The molecule has 1 atom stereocenters. The molecule has 1 fully saturated rings. The van der Waals surface area contributed by atoms with Crippen molar-refractivity contribution >= 4 is 17.7 Å². The molecule has 0 aliphatic carbocycles. The number of carboxylic acids is 1. The molecule has 1 saturated heterocycles. The van der Waals surface area contributed by atoms with E-state index in [4.69, 9.17) is 5.11 Å². The SMILES string of the molecule is CCc1ccc(N2C(=O)NCC2C(=O)O)cc1. The van der Waals surface area contributed by atoms with Crippen molar-refractivity contribution in [2.75, 3.05) is 11.4 Å². The van der Waals surface area contributed by atoms with Gasteiger partial charge in [-0.3, -0.25) is 4.90 Å². The molecule has 0 spiro atoms. The number of aliphatic carboxylic acids is 1. The van der Waals surface area contributed by atoms with Crippen LogP contribution in [0.4, 0.5) is 10.5 Å². The van der Waals surface area contributed by atoms with Gasteiger partial charge in [-0.05, 0) is 24.1 Å². The van der Waals surface area contributed by atoms with E-state index in [1.54, 1.807) is 12.1 Å². The summed E-state index contributed by atoms with van der Waals surface area (Å²) in [6.45, 7) is 2.18. The van der Waals surface area contributed by atoms with E-state index in [1.165, 1.54) is 4.90 Å². The monoisotopic (exact) mass is 234 g/mol. The number of carbonyl (C=O) groups excluding carboxylic acids is 1. The fourth-order valence-electron chi connectivity index (χ4n) is 1.89. The van der Waals surface area contributed by atoms with Crippen LogP contribution in [-0.4, -0.2) is 29.7 Å². The molecule has 17 heavy (non-hydrogen) atoms. The summed E-state index contributed by atoms with van der Waals surface area (Å²) >= 11 is 0. The van der Waals surface area contributed by atoms with Crippen LogP contribution >= 0.6 is 0 Å². The van der Waals surface area contributed by atoms with Gasteiger partial charge in [0.15, 0.2) is 6.04 Å². The Labute approximate surface area is 99.0 Å². The van der Waals surface area contributed by atoms with E-state index < -0.39 is 12.0 Å². The molecule has 0 saturated carbocycles. The van der Waals surface area contributed by atoms with Gasteiger partial charge < -0.3 is 10.4 Å². The Morgan fingerprint density at radius 2 is 2.12 bits per heavy atom. The summed E-state index contributed by atoms with van der Waals surface area (Å²) in [6.07, 6.45) is 0.912. The normalized spacial score (nSPS) is 19.2. The summed E-state index contributed by atoms with van der Waals surface area (Å²) in [5.74, 6) is -0.997. The minimum Gasteiger partial charge on any atom is -0.480 e. The van der Waals surface area contributed by atoms with E-state index in [9.17, 15) is 9.59 Å². The first-order valence-corrected chi connectivity index (χ1v) is 5.52. The largest absolute Gasteiger partial charge is 0.480 e. The van der Waals surface area contributed by atoms with Gasteiger partial charge in [-0.15, -0.1) is 0 Å². The third-order valence-electron chi connectivity index (χ3n) is 2.88. The Balaban J connectivity index is 2.29. The van der Waals surface area contributed by atoms with Crippen molar-refractivity contribution in [3.05, 3.63) is 29.8 Å². The van der Waals surface area contributed by atoms with Crippen molar-refractivity contribution in [3.8, 4) is 0 Å². The topological polar surface area (TPSA) is 69.6 Å². The molecule has 0 radical (unpaired) electrons. The van der Waals surface area contributed by atoms with Crippen LogP contribution in [-0.2, 0) is 11.2 Å². The fourth-order valence-corrected chi connectivity index (χ4v) is 1.89. The average molecular weight is 234 g/mol. The number of aryl methyl sites for hydroxylation is 1. The highest BCUT2D eigenvalue weighted by Gasteiger charge is 2.36. The van der Waals surface area contributed by atoms with Gasteiger partial charge in [0.2, 0.25) is 0 Å². The molecule has 0 bridgehead atoms. The van der Waals surface area contributed by atoms with Crippen LogP contribution in [0.2, 0.25) is 0 Å². The van der Waals surface area contributed by atoms with E-state index >= 15 is 0 Å². The van der Waals surface area contributed by atoms with Crippen molar-refractivity contribution in [2.24, 2.45) is 0 Å². The smallest absolute Gasteiger partial charge is 0.328 e. The van der Waals surface area contributed by atoms with Crippen molar-refractivity contribution in [2.45, 2.75) is 19.4 Å². The molecule has 2 N–H and O–H groups in total. The Kier molecular flexibility index (Phi) is 2.99. The zero-order chi connectivity index (χ0) is 12.4. The zero-order valence-electron chi connectivity index (χ0n) is 9.51. The van der Waals surface area contributed by atoms with Crippen LogP contribution in [0.3, 0.4) is 0 Å². The van der Waals surface area contributed by atoms with E-state index in [-0.39, 0.29) is 12.6 Å². The van der Waals surface area contributed by atoms with Crippen LogP contribution in [0, 0.1) is 0 Å². The Morgan fingerprint density at radius 3 is 2.65 bits per heavy atom. The predicted octanol–water partition coefficient (Wildman–Crippen LogP) is 1.23. The second-order valence-electron chi connectivity index (χ2n) is 3.93. The second-order valence-corrected chi connectivity index (χ2v) is 3.93. The molecule has 2 rings (SSSR count). The highest BCUT2D eigenvalue weighted by atomic mass is 16.4. The number of hydrogen-bond acceptors (Lipinski definition) is 2. The van der Waals surface area contributed by atoms with E-state index in [2.05, 4.69) is 5.32 Å². The summed E-state index contributed by atoms with van der Waals surface area (Å²) < 4.78 is 0. The molecule has 90 valence electrons. The number of hydrogen-bond donors (Lipinski definition) is 2. The van der Waals surface area contributed by atoms with Gasteiger partial charge in [0.25, 0.3) is 0 Å². The van der Waals surface area contributed by atoms with E-state index in [0.717, 1.165) is 12.0 Å². The van der Waals surface area contributed by atoms with Crippen LogP contribution < -0.4 is 10.2 Å². The first-order chi connectivity index (χ1) is 8.13. The molecule has 1 aliphatic rings. The first-order valence-electron chi connectivity index (χ1n) is 5.52. The number of nitrogens with zero attached hydrogens (tertiary/aromatic N) is 1. The van der Waals surface area contributed by atoms with Crippen molar-refractivity contribution < 1.29 is 14.7 Å². The van der Waals surface area contributed by atoms with Crippen molar-refractivity contribution in [3.63, 3.8) is 0 Å². The number of amides is 2. The molecular formula is C12H14N2O3. The predicted molar refractivity (Wildman–Crippen MR) is 63.1 cm³/mol. The summed E-state index contributed by atoms with van der Waals surface area (Å²) in [7, 11) is 0. The number of nitrogens with one attached hydrogen (secondary N) is 1. The third kappa shape index (κ3) is 2.08. The highest BCUT2D eigenvalue weighted by Crippen LogP contribution is 2.21. The summed E-state index contributed by atoms with van der Waals surface area (Å²) in [5, 5.41) is 11.6. The van der Waals surface area contributed by atoms with Crippen molar-refractivity contribution in [1.82, 2.24) is 5.32 Å². The minimum absolute atomic E-state index is 0.143. The summed E-state index contributed by atoms with van der Waals surface area (Å²) in [6, 6.07) is 6.18. The number of carbonyl (C=O) groups is 2. The molecule has 1 unspecified atom stereocenters. The lowest BCUT2D eigenvalue weighted by Gasteiger charge is -2.19. The molecule has 5 nitrogen and oxygen atoms in total. The molecule has 1 heterocycles. The van der Waals surface area contributed by atoms with E-state index in [0.29, 0.717) is 5.69 Å². The maximum atomic E-state index is 11.6. The maximum Gasteiger partial charge on any atom is 0.328 e. The number of urea groups is 1. The second kappa shape index (κ2) is 4.45. The van der Waals surface area contributed by atoms with Gasteiger partial charge in [-0.25, -0.2) is 9.59 Å². The number of benzene rings is 1. The molecule has 1 aromatic rings. The number of anilines is 1. The lowest BCUT2D eigenvalue weighted by atomic mass is 10.1. The standard InChI is InChI=1S/C12H14N2O3/c1-2-8-3-5-9(6-4-8)14-10(11(15)16)7-13-12(14)17/h3-6,10H,2,7H2,1H3,(H,13,17)(H,15,16). The highest BCUT2D eigenvalue weighted by molar-refractivity contribution is 6.01. The molecule has 1 aromatic carbocycles. The molecule has 2 amide bonds. The van der Waals surface area contributed by atoms with E-state index in [1.807, 2.05) is 19.1 Å². The van der Waals surface area contributed by atoms with Crippen LogP contribution in [0.5, 0.6) is 0 Å². The van der Waals surface area contributed by atoms with Gasteiger partial charge in [-0.1, -0.05) is 19.1 Å². The summed E-state index contributed by atoms with van der Waals surface area (Å²) in [4.78, 5) is 23.9. The number of rotatable bonds is 3. The molecule has 0 aromatic heterocycles. The van der Waals surface area contributed by atoms with Crippen molar-refractivity contribution in [1.29, 1.82) is 0 Å². The Morgan fingerprint density at radius 1 is 1.47 bits per heavy atom. The minimum atomic E-state index is -0.997. The maximum absolute atomic E-state index is 11.6. The van der Waals surface area contributed by atoms with Crippen LogP contribution in [0.25, 0.3) is 0 Å². The van der Waals surface area contributed by atoms with Crippen LogP contribution in [0.15, 0.2) is 24.3 Å². The van der Waals surface area contributed by atoms with Gasteiger partial charge in [0.1, 0.15) is 0 Å².